The van der Waals surface area contributed by atoms with Crippen molar-refractivity contribution in [2.75, 3.05) is 18.6 Å². The van der Waals surface area contributed by atoms with Crippen LogP contribution in [0, 0.1) is 0 Å². The van der Waals surface area contributed by atoms with Crippen LogP contribution >= 0.6 is 0 Å². The Morgan fingerprint density at radius 1 is 1.18 bits per heavy atom. The Bertz CT molecular complexity index is 684. The summed E-state index contributed by atoms with van der Waals surface area (Å²) in [5, 5.41) is 2.99. The molecule has 0 saturated heterocycles. The molecule has 0 radical (unpaired) electrons. The zero-order chi connectivity index (χ0) is 15.5. The molecule has 0 aromatic heterocycles. The van der Waals surface area contributed by atoms with E-state index < -0.39 is 0 Å². The van der Waals surface area contributed by atoms with E-state index in [-0.39, 0.29) is 12.1 Å². The molecular weight excluding hydrogens is 276 g/mol. The number of amides is 1. The number of carbonyl (C=O) groups is 1. The van der Waals surface area contributed by atoms with Crippen molar-refractivity contribution in [2.45, 2.75) is 19.4 Å². The van der Waals surface area contributed by atoms with Crippen molar-refractivity contribution in [1.82, 2.24) is 5.32 Å². The Hall–Kier alpha value is -2.49. The summed E-state index contributed by atoms with van der Waals surface area (Å²) in [6.07, 6.45) is 0.375. The van der Waals surface area contributed by atoms with Crippen LogP contribution in [0.1, 0.15) is 24.1 Å². The van der Waals surface area contributed by atoms with Crippen LogP contribution in [0.4, 0.5) is 16.2 Å². The van der Waals surface area contributed by atoms with Gasteiger partial charge in [0.2, 0.25) is 0 Å². The zero-order valence-corrected chi connectivity index (χ0v) is 12.9. The molecule has 1 amide bonds. The lowest BCUT2D eigenvalue weighted by Gasteiger charge is -2.22. The van der Waals surface area contributed by atoms with Crippen molar-refractivity contribution in [3.05, 3.63) is 59.7 Å². The molecule has 0 saturated carbocycles. The molecule has 3 rings (SSSR count). The summed E-state index contributed by atoms with van der Waals surface area (Å²) in [6.45, 7) is 2.18. The molecule has 0 aliphatic carbocycles. The van der Waals surface area contributed by atoms with E-state index in [1.54, 1.807) is 0 Å². The number of nitrogens with zero attached hydrogens (tertiary/aromatic N) is 1. The van der Waals surface area contributed by atoms with E-state index in [9.17, 15) is 4.79 Å². The van der Waals surface area contributed by atoms with Crippen molar-refractivity contribution in [2.24, 2.45) is 0 Å². The summed E-state index contributed by atoms with van der Waals surface area (Å²) in [6, 6.07) is 16.4. The standard InChI is InChI=1S/C18H20N2O2/c1-3-22-18(21)19-15-12-13-8-4-6-10-16(13)20(2)17-11-7-5-9-14(15)17/h4-11,15H,3,12H2,1-2H3,(H,19,21). The lowest BCUT2D eigenvalue weighted by molar-refractivity contribution is 0.148. The van der Waals surface area contributed by atoms with E-state index in [2.05, 4.69) is 41.5 Å². The van der Waals surface area contributed by atoms with Gasteiger partial charge in [0.1, 0.15) is 0 Å². The molecule has 4 heteroatoms. The van der Waals surface area contributed by atoms with Crippen LogP contribution in [0.2, 0.25) is 0 Å². The van der Waals surface area contributed by atoms with E-state index >= 15 is 0 Å². The van der Waals surface area contributed by atoms with Crippen molar-refractivity contribution in [3.8, 4) is 0 Å². The minimum absolute atomic E-state index is 0.0960. The van der Waals surface area contributed by atoms with Crippen molar-refractivity contribution in [1.29, 1.82) is 0 Å². The summed E-state index contributed by atoms with van der Waals surface area (Å²) in [4.78, 5) is 14.1. The molecule has 114 valence electrons. The number of hydrogen-bond acceptors (Lipinski definition) is 3. The average molecular weight is 296 g/mol. The number of nitrogens with one attached hydrogen (secondary N) is 1. The second-order valence-electron chi connectivity index (χ2n) is 5.37. The number of alkyl carbamates (subject to hydrolysis) is 1. The molecule has 2 aromatic rings. The van der Waals surface area contributed by atoms with E-state index in [1.165, 1.54) is 11.3 Å². The number of benzene rings is 2. The van der Waals surface area contributed by atoms with Crippen LogP contribution in [0.3, 0.4) is 0 Å². The molecule has 1 N–H and O–H groups in total. The minimum Gasteiger partial charge on any atom is -0.450 e. The third-order valence-corrected chi connectivity index (χ3v) is 4.02. The summed E-state index contributed by atoms with van der Waals surface area (Å²) in [5.74, 6) is 0. The van der Waals surface area contributed by atoms with Crippen LogP contribution in [-0.2, 0) is 11.2 Å². The van der Waals surface area contributed by atoms with Gasteiger partial charge in [0.15, 0.2) is 0 Å². The largest absolute Gasteiger partial charge is 0.450 e. The van der Waals surface area contributed by atoms with Gasteiger partial charge in [-0.25, -0.2) is 4.79 Å². The summed E-state index contributed by atoms with van der Waals surface area (Å²) < 4.78 is 5.05. The third-order valence-electron chi connectivity index (χ3n) is 4.02. The van der Waals surface area contributed by atoms with Crippen molar-refractivity contribution >= 4 is 17.5 Å². The molecule has 4 nitrogen and oxygen atoms in total. The quantitative estimate of drug-likeness (QED) is 0.916. The van der Waals surface area contributed by atoms with Crippen LogP contribution in [0.5, 0.6) is 0 Å². The molecule has 2 aromatic carbocycles. The number of rotatable bonds is 2. The number of para-hydroxylation sites is 2. The van der Waals surface area contributed by atoms with Gasteiger partial charge >= 0.3 is 6.09 Å². The lowest BCUT2D eigenvalue weighted by atomic mass is 9.99. The van der Waals surface area contributed by atoms with Crippen LogP contribution < -0.4 is 10.2 Å². The molecule has 1 aliphatic heterocycles. The Balaban J connectivity index is 2.03. The highest BCUT2D eigenvalue weighted by Crippen LogP contribution is 2.38. The number of carbonyl (C=O) groups excluding carboxylic acids is 1. The smallest absolute Gasteiger partial charge is 0.407 e. The molecular formula is C18H20N2O2. The number of fused-ring (bicyclic) bond motifs is 2. The first-order chi connectivity index (χ1) is 10.7. The second-order valence-corrected chi connectivity index (χ2v) is 5.37. The first-order valence-electron chi connectivity index (χ1n) is 7.54. The zero-order valence-electron chi connectivity index (χ0n) is 12.9. The van der Waals surface area contributed by atoms with Gasteiger partial charge in [-0.2, -0.15) is 0 Å². The summed E-state index contributed by atoms with van der Waals surface area (Å²) >= 11 is 0. The van der Waals surface area contributed by atoms with Gasteiger partial charge in [-0.15, -0.1) is 0 Å². The maximum Gasteiger partial charge on any atom is 0.407 e. The fourth-order valence-corrected chi connectivity index (χ4v) is 3.00. The fourth-order valence-electron chi connectivity index (χ4n) is 3.00. The predicted octanol–water partition coefficient (Wildman–Crippen LogP) is 3.80. The van der Waals surface area contributed by atoms with Crippen LogP contribution in [-0.4, -0.2) is 19.7 Å². The topological polar surface area (TPSA) is 41.6 Å². The molecule has 1 heterocycles. The maximum atomic E-state index is 11.9. The van der Waals surface area contributed by atoms with Gasteiger partial charge in [-0.3, -0.25) is 0 Å². The third kappa shape index (κ3) is 2.64. The van der Waals surface area contributed by atoms with Crippen LogP contribution in [0.15, 0.2) is 48.5 Å². The molecule has 1 aliphatic rings. The van der Waals surface area contributed by atoms with E-state index in [0.717, 1.165) is 17.7 Å². The van der Waals surface area contributed by atoms with Crippen molar-refractivity contribution < 1.29 is 9.53 Å². The second kappa shape index (κ2) is 6.10. The van der Waals surface area contributed by atoms with Gasteiger partial charge < -0.3 is 15.0 Å². The summed E-state index contributed by atoms with van der Waals surface area (Å²) in [5.41, 5.74) is 4.59. The highest BCUT2D eigenvalue weighted by Gasteiger charge is 2.26. The average Bonchev–Trinajstić information content (AvgIpc) is 2.65. The Morgan fingerprint density at radius 2 is 1.86 bits per heavy atom. The highest BCUT2D eigenvalue weighted by atomic mass is 16.5. The van der Waals surface area contributed by atoms with Crippen LogP contribution in [0.25, 0.3) is 0 Å². The monoisotopic (exact) mass is 296 g/mol. The molecule has 1 atom stereocenters. The van der Waals surface area contributed by atoms with Gasteiger partial charge in [-0.1, -0.05) is 36.4 Å². The Kier molecular flexibility index (Phi) is 4.00. The Morgan fingerprint density at radius 3 is 2.64 bits per heavy atom. The van der Waals surface area contributed by atoms with E-state index in [0.29, 0.717) is 6.61 Å². The predicted molar refractivity (Wildman–Crippen MR) is 87.5 cm³/mol. The van der Waals surface area contributed by atoms with Gasteiger partial charge in [0, 0.05) is 18.4 Å². The first kappa shape index (κ1) is 14.4. The fraction of sp³-hybridized carbons (Fsp3) is 0.278. The van der Waals surface area contributed by atoms with E-state index in [1.807, 2.05) is 31.2 Å². The maximum absolute atomic E-state index is 11.9. The number of anilines is 2. The molecule has 22 heavy (non-hydrogen) atoms. The normalized spacial score (nSPS) is 16.3. The number of ether oxygens (including phenoxy) is 1. The molecule has 0 bridgehead atoms. The van der Waals surface area contributed by atoms with Gasteiger partial charge in [0.05, 0.1) is 12.6 Å². The molecule has 1 unspecified atom stereocenters. The SMILES string of the molecule is CCOC(=O)NC1Cc2ccccc2N(C)c2ccccc21. The highest BCUT2D eigenvalue weighted by molar-refractivity contribution is 5.74. The van der Waals surface area contributed by atoms with Gasteiger partial charge in [0.25, 0.3) is 0 Å². The molecule has 0 spiro atoms. The number of hydrogen-bond donors (Lipinski definition) is 1. The Labute approximate surface area is 130 Å². The minimum atomic E-state index is -0.371. The lowest BCUT2D eigenvalue weighted by Crippen LogP contribution is -2.30. The summed E-state index contributed by atoms with van der Waals surface area (Å²) in [7, 11) is 2.06. The van der Waals surface area contributed by atoms with Crippen molar-refractivity contribution in [3.63, 3.8) is 0 Å². The first-order valence-corrected chi connectivity index (χ1v) is 7.54. The molecule has 0 fully saturated rings. The van der Waals surface area contributed by atoms with E-state index in [4.69, 9.17) is 4.74 Å². The van der Waals surface area contributed by atoms with Gasteiger partial charge in [-0.05, 0) is 36.6 Å².